The normalized spacial score (nSPS) is 10.5. The Morgan fingerprint density at radius 3 is 2.71 bits per heavy atom. The third kappa shape index (κ3) is 2.43. The molecule has 2 heterocycles. The van der Waals surface area contributed by atoms with Gasteiger partial charge in [-0.15, -0.1) is 0 Å². The van der Waals surface area contributed by atoms with Crippen molar-refractivity contribution in [1.82, 2.24) is 19.7 Å². The number of hydrogen-bond donors (Lipinski definition) is 1. The molecule has 5 heteroatoms. The van der Waals surface area contributed by atoms with Crippen LogP contribution in [0.3, 0.4) is 0 Å². The van der Waals surface area contributed by atoms with Crippen molar-refractivity contribution in [3.05, 3.63) is 24.0 Å². The SMILES string of the molecule is CCNc1cc(CC)nc(-c2ccnn2C)n1. The molecule has 17 heavy (non-hydrogen) atoms. The van der Waals surface area contributed by atoms with Crippen molar-refractivity contribution < 1.29 is 0 Å². The van der Waals surface area contributed by atoms with E-state index in [4.69, 9.17) is 0 Å². The van der Waals surface area contributed by atoms with Crippen LogP contribution in [0, 0.1) is 0 Å². The highest BCUT2D eigenvalue weighted by Crippen LogP contribution is 2.17. The first-order valence-electron chi connectivity index (χ1n) is 5.84. The van der Waals surface area contributed by atoms with Gasteiger partial charge < -0.3 is 5.32 Å². The molecule has 0 amide bonds. The Labute approximate surface area is 101 Å². The lowest BCUT2D eigenvalue weighted by molar-refractivity contribution is 0.768. The van der Waals surface area contributed by atoms with Crippen molar-refractivity contribution in [2.45, 2.75) is 20.3 Å². The Morgan fingerprint density at radius 1 is 1.29 bits per heavy atom. The van der Waals surface area contributed by atoms with Crippen LogP contribution in [0.25, 0.3) is 11.5 Å². The average Bonchev–Trinajstić information content (AvgIpc) is 2.75. The van der Waals surface area contributed by atoms with E-state index >= 15 is 0 Å². The summed E-state index contributed by atoms with van der Waals surface area (Å²) in [6.07, 6.45) is 2.65. The first-order valence-corrected chi connectivity index (χ1v) is 5.84. The summed E-state index contributed by atoms with van der Waals surface area (Å²) in [7, 11) is 1.89. The first-order chi connectivity index (χ1) is 8.24. The topological polar surface area (TPSA) is 55.6 Å². The second kappa shape index (κ2) is 4.95. The monoisotopic (exact) mass is 231 g/mol. The molecule has 1 N–H and O–H groups in total. The van der Waals surface area contributed by atoms with Crippen LogP contribution in [0.1, 0.15) is 19.5 Å². The van der Waals surface area contributed by atoms with Crippen molar-refractivity contribution >= 4 is 5.82 Å². The Hall–Kier alpha value is -1.91. The molecule has 0 spiro atoms. The summed E-state index contributed by atoms with van der Waals surface area (Å²) in [5.74, 6) is 1.59. The molecule has 5 nitrogen and oxygen atoms in total. The second-order valence-corrected chi connectivity index (χ2v) is 3.79. The van der Waals surface area contributed by atoms with E-state index < -0.39 is 0 Å². The number of nitrogens with zero attached hydrogens (tertiary/aromatic N) is 4. The van der Waals surface area contributed by atoms with Crippen LogP contribution in [0.2, 0.25) is 0 Å². The standard InChI is InChI=1S/C12H17N5/c1-4-9-8-11(13-5-2)16-12(15-9)10-6-7-14-17(10)3/h6-8H,4-5H2,1-3H3,(H,13,15,16). The molecule has 0 radical (unpaired) electrons. The molecule has 0 saturated heterocycles. The molecule has 0 aliphatic heterocycles. The highest BCUT2D eigenvalue weighted by molar-refractivity contribution is 5.53. The molecule has 0 aliphatic rings. The fraction of sp³-hybridized carbons (Fsp3) is 0.417. The van der Waals surface area contributed by atoms with E-state index in [-0.39, 0.29) is 0 Å². The molecule has 90 valence electrons. The fourth-order valence-corrected chi connectivity index (χ4v) is 1.66. The van der Waals surface area contributed by atoms with Crippen LogP contribution in [0.5, 0.6) is 0 Å². The number of anilines is 1. The Morgan fingerprint density at radius 2 is 2.12 bits per heavy atom. The van der Waals surface area contributed by atoms with Crippen molar-refractivity contribution in [1.29, 1.82) is 0 Å². The van der Waals surface area contributed by atoms with Crippen molar-refractivity contribution in [3.8, 4) is 11.5 Å². The summed E-state index contributed by atoms with van der Waals surface area (Å²) >= 11 is 0. The van der Waals surface area contributed by atoms with Gasteiger partial charge in [-0.3, -0.25) is 4.68 Å². The zero-order chi connectivity index (χ0) is 12.3. The quantitative estimate of drug-likeness (QED) is 0.872. The largest absolute Gasteiger partial charge is 0.370 e. The smallest absolute Gasteiger partial charge is 0.180 e. The summed E-state index contributed by atoms with van der Waals surface area (Å²) in [6.45, 7) is 4.99. The Balaban J connectivity index is 2.46. The van der Waals surface area contributed by atoms with Crippen molar-refractivity contribution in [3.63, 3.8) is 0 Å². The zero-order valence-electron chi connectivity index (χ0n) is 10.4. The lowest BCUT2D eigenvalue weighted by Gasteiger charge is -2.08. The van der Waals surface area contributed by atoms with Gasteiger partial charge in [-0.05, 0) is 19.4 Å². The molecular weight excluding hydrogens is 214 g/mol. The maximum absolute atomic E-state index is 4.53. The molecule has 0 atom stereocenters. The lowest BCUT2D eigenvalue weighted by atomic mass is 10.3. The van der Waals surface area contributed by atoms with Crippen LogP contribution in [-0.2, 0) is 13.5 Å². The van der Waals surface area contributed by atoms with Gasteiger partial charge in [0.05, 0.1) is 0 Å². The molecule has 0 saturated carbocycles. The number of rotatable bonds is 4. The maximum Gasteiger partial charge on any atom is 0.180 e. The van der Waals surface area contributed by atoms with E-state index in [9.17, 15) is 0 Å². The van der Waals surface area contributed by atoms with E-state index in [0.29, 0.717) is 0 Å². The summed E-state index contributed by atoms with van der Waals surface area (Å²) in [5, 5.41) is 7.36. The predicted octanol–water partition coefficient (Wildman–Crippen LogP) is 1.87. The van der Waals surface area contributed by atoms with Gasteiger partial charge in [-0.2, -0.15) is 5.10 Å². The van der Waals surface area contributed by atoms with Crippen molar-refractivity contribution in [2.75, 3.05) is 11.9 Å². The Kier molecular flexibility index (Phi) is 3.37. The molecule has 2 rings (SSSR count). The fourth-order valence-electron chi connectivity index (χ4n) is 1.66. The van der Waals surface area contributed by atoms with E-state index in [1.807, 2.05) is 19.2 Å². The third-order valence-corrected chi connectivity index (χ3v) is 2.55. The van der Waals surface area contributed by atoms with Crippen LogP contribution in [-0.4, -0.2) is 26.3 Å². The van der Waals surface area contributed by atoms with Crippen LogP contribution in [0.4, 0.5) is 5.82 Å². The lowest BCUT2D eigenvalue weighted by Crippen LogP contribution is -2.05. The molecule has 2 aromatic heterocycles. The van der Waals surface area contributed by atoms with Gasteiger partial charge in [0.25, 0.3) is 0 Å². The summed E-state index contributed by atoms with van der Waals surface area (Å²) < 4.78 is 1.78. The molecule has 0 aliphatic carbocycles. The predicted molar refractivity (Wildman–Crippen MR) is 67.8 cm³/mol. The van der Waals surface area contributed by atoms with Gasteiger partial charge in [0.2, 0.25) is 0 Å². The maximum atomic E-state index is 4.53. The van der Waals surface area contributed by atoms with Gasteiger partial charge >= 0.3 is 0 Å². The van der Waals surface area contributed by atoms with E-state index in [0.717, 1.165) is 36.0 Å². The number of nitrogens with one attached hydrogen (secondary N) is 1. The molecule has 0 bridgehead atoms. The van der Waals surface area contributed by atoms with Gasteiger partial charge in [-0.1, -0.05) is 6.92 Å². The van der Waals surface area contributed by atoms with Gasteiger partial charge in [-0.25, -0.2) is 9.97 Å². The minimum absolute atomic E-state index is 0.723. The van der Waals surface area contributed by atoms with Gasteiger partial charge in [0, 0.05) is 31.5 Å². The number of aromatic nitrogens is 4. The van der Waals surface area contributed by atoms with Crippen LogP contribution < -0.4 is 5.32 Å². The highest BCUT2D eigenvalue weighted by Gasteiger charge is 2.08. The molecule has 0 fully saturated rings. The second-order valence-electron chi connectivity index (χ2n) is 3.79. The minimum atomic E-state index is 0.723. The van der Waals surface area contributed by atoms with E-state index in [1.54, 1.807) is 10.9 Å². The van der Waals surface area contributed by atoms with Crippen LogP contribution >= 0.6 is 0 Å². The molecule has 0 unspecified atom stereocenters. The Bertz CT molecular complexity index is 503. The molecular formula is C12H17N5. The molecule has 0 aromatic carbocycles. The average molecular weight is 231 g/mol. The van der Waals surface area contributed by atoms with Gasteiger partial charge in [0.1, 0.15) is 11.5 Å². The molecule has 2 aromatic rings. The number of hydrogen-bond acceptors (Lipinski definition) is 4. The minimum Gasteiger partial charge on any atom is -0.370 e. The van der Waals surface area contributed by atoms with E-state index in [2.05, 4.69) is 34.2 Å². The third-order valence-electron chi connectivity index (χ3n) is 2.55. The zero-order valence-corrected chi connectivity index (χ0v) is 10.4. The summed E-state index contributed by atoms with van der Waals surface area (Å²) in [4.78, 5) is 9.02. The van der Waals surface area contributed by atoms with E-state index in [1.165, 1.54) is 0 Å². The first kappa shape index (κ1) is 11.6. The highest BCUT2D eigenvalue weighted by atomic mass is 15.3. The number of aryl methyl sites for hydroxylation is 2. The summed E-state index contributed by atoms with van der Waals surface area (Å²) in [5.41, 5.74) is 1.96. The van der Waals surface area contributed by atoms with Crippen LogP contribution in [0.15, 0.2) is 18.3 Å². The van der Waals surface area contributed by atoms with Crippen molar-refractivity contribution in [2.24, 2.45) is 7.05 Å². The van der Waals surface area contributed by atoms with Gasteiger partial charge in [0.15, 0.2) is 5.82 Å². The summed E-state index contributed by atoms with van der Waals surface area (Å²) in [6, 6.07) is 3.91.